The molecule has 14 nitrogen and oxygen atoms in total. The average Bonchev–Trinajstić information content (AvgIpc) is 3.47. The summed E-state index contributed by atoms with van der Waals surface area (Å²) in [6, 6.07) is 2.80. The third-order valence-corrected chi connectivity index (χ3v) is 9.27. The fourth-order valence-corrected chi connectivity index (χ4v) is 7.08. The lowest BCUT2D eigenvalue weighted by Crippen LogP contribution is -2.70. The Balaban J connectivity index is 1.38. The summed E-state index contributed by atoms with van der Waals surface area (Å²) in [6.45, 7) is 3.59. The number of nitrogens with zero attached hydrogens (tertiary/aromatic N) is 4. The number of carbonyl (C=O) groups is 4. The largest absolute Gasteiger partial charge is 0.478 e. The van der Waals surface area contributed by atoms with Crippen molar-refractivity contribution in [3.05, 3.63) is 45.2 Å². The SMILES string of the molecule is CCc1c(N)[nH]c2ccc[n+](CC3=C(C=O)N4C(=O)C(NC(=O)/C(=N\O[C@@H](C)C(=O)O)c5nc(N)sc5Cl)C4SC3)c12. The molecule has 0 bridgehead atoms. The summed E-state index contributed by atoms with van der Waals surface area (Å²) in [7, 11) is 0. The minimum atomic E-state index is -1.38. The van der Waals surface area contributed by atoms with Crippen LogP contribution in [0, 0.1) is 0 Å². The summed E-state index contributed by atoms with van der Waals surface area (Å²) in [4.78, 5) is 63.5. The lowest BCUT2D eigenvalue weighted by molar-refractivity contribution is -0.663. The van der Waals surface area contributed by atoms with Crippen LogP contribution in [0.4, 0.5) is 10.9 Å². The fourth-order valence-electron chi connectivity index (χ4n) is 4.79. The maximum absolute atomic E-state index is 13.3. The number of allylic oxidation sites excluding steroid dienone is 1. The number of fused-ring (bicyclic) bond motifs is 2. The molecule has 1 fully saturated rings. The molecule has 5 heterocycles. The lowest BCUT2D eigenvalue weighted by Gasteiger charge is -2.49. The second-order valence-electron chi connectivity index (χ2n) is 9.44. The van der Waals surface area contributed by atoms with Crippen molar-refractivity contribution in [3.8, 4) is 0 Å². The van der Waals surface area contributed by atoms with Crippen LogP contribution >= 0.6 is 34.7 Å². The summed E-state index contributed by atoms with van der Waals surface area (Å²) in [5.74, 6) is -1.67. The maximum atomic E-state index is 13.3. The van der Waals surface area contributed by atoms with Gasteiger partial charge in [0.25, 0.3) is 11.8 Å². The van der Waals surface area contributed by atoms with Gasteiger partial charge in [0.05, 0.1) is 11.3 Å². The van der Waals surface area contributed by atoms with Crippen molar-refractivity contribution in [1.29, 1.82) is 0 Å². The van der Waals surface area contributed by atoms with E-state index in [2.05, 4.69) is 20.4 Å². The molecule has 42 heavy (non-hydrogen) atoms. The Morgan fingerprint density at radius 3 is 2.86 bits per heavy atom. The van der Waals surface area contributed by atoms with E-state index in [1.165, 1.54) is 23.6 Å². The molecule has 0 aliphatic carbocycles. The Bertz CT molecular complexity index is 1680. The number of halogens is 1. The van der Waals surface area contributed by atoms with Crippen molar-refractivity contribution in [2.75, 3.05) is 17.2 Å². The minimum Gasteiger partial charge on any atom is -0.478 e. The van der Waals surface area contributed by atoms with Gasteiger partial charge >= 0.3 is 5.97 Å². The quantitative estimate of drug-likeness (QED) is 0.0704. The number of thioether (sulfide) groups is 1. The number of amides is 2. The van der Waals surface area contributed by atoms with Gasteiger partial charge in [0, 0.05) is 17.4 Å². The third-order valence-electron chi connectivity index (χ3n) is 6.85. The number of nitrogen functional groups attached to an aromatic ring is 2. The Hall–Kier alpha value is -4.15. The van der Waals surface area contributed by atoms with Crippen LogP contribution in [0.25, 0.3) is 11.0 Å². The standard InChI is InChI=1S/C25H25ClN8O6S2/c1-3-12-18-13(29-20(12)27)5-4-6-33(18)7-11-9-41-23-17(22(37)34(23)14(11)8-35)30-21(36)16(32-40-10(2)24(38)39)15-19(26)42-25(28)31-15/h4-6,8,10,17,23H,3,7,9H2,1-2H3,(H6,27,28,29,30,31,36,38,39)/p+1/b32-16-/t10-,17?,23?/m0/s1. The Kier molecular flexibility index (Phi) is 8.12. The predicted molar refractivity (Wildman–Crippen MR) is 157 cm³/mol. The van der Waals surface area contributed by atoms with Gasteiger partial charge in [-0.15, -0.1) is 11.8 Å². The maximum Gasteiger partial charge on any atom is 0.347 e. The molecule has 0 spiro atoms. The van der Waals surface area contributed by atoms with Crippen molar-refractivity contribution in [3.63, 3.8) is 0 Å². The first-order valence-corrected chi connectivity index (χ1v) is 14.9. The highest BCUT2D eigenvalue weighted by Crippen LogP contribution is 2.40. The average molecular weight is 634 g/mol. The number of aromatic nitrogens is 3. The van der Waals surface area contributed by atoms with E-state index in [9.17, 15) is 19.2 Å². The molecule has 5 rings (SSSR count). The topological polar surface area (TPSA) is 210 Å². The molecule has 2 unspecified atom stereocenters. The number of anilines is 2. The van der Waals surface area contributed by atoms with Gasteiger partial charge in [-0.2, -0.15) is 4.57 Å². The van der Waals surface area contributed by atoms with Gasteiger partial charge in [0.15, 0.2) is 29.9 Å². The van der Waals surface area contributed by atoms with Crippen LogP contribution in [0.2, 0.25) is 4.34 Å². The summed E-state index contributed by atoms with van der Waals surface area (Å²) in [6.07, 6.45) is 1.88. The second-order valence-corrected chi connectivity index (χ2v) is 12.2. The molecule has 17 heteroatoms. The number of hydrogen-bond acceptors (Lipinski definition) is 11. The first-order valence-electron chi connectivity index (χ1n) is 12.7. The first-order chi connectivity index (χ1) is 20.0. The van der Waals surface area contributed by atoms with Crippen molar-refractivity contribution < 1.29 is 33.7 Å². The van der Waals surface area contributed by atoms with Gasteiger partial charge in [0.1, 0.15) is 32.8 Å². The number of aromatic amines is 1. The molecular weight excluding hydrogens is 608 g/mol. The molecular formula is C25H26ClN8O6S2+. The van der Waals surface area contributed by atoms with E-state index < -0.39 is 41.0 Å². The predicted octanol–water partition coefficient (Wildman–Crippen LogP) is 1.04. The zero-order chi connectivity index (χ0) is 30.3. The molecule has 3 aromatic rings. The van der Waals surface area contributed by atoms with E-state index in [4.69, 9.17) is 33.0 Å². The van der Waals surface area contributed by atoms with E-state index in [1.54, 1.807) is 0 Å². The number of carbonyl (C=O) groups excluding carboxylic acids is 3. The fraction of sp³-hybridized carbons (Fsp3) is 0.320. The number of nitrogens with two attached hydrogens (primary N) is 2. The number of aryl methyl sites for hydroxylation is 1. The van der Waals surface area contributed by atoms with Gasteiger partial charge in [0.2, 0.25) is 11.6 Å². The van der Waals surface area contributed by atoms with Gasteiger partial charge in [-0.1, -0.05) is 35.0 Å². The van der Waals surface area contributed by atoms with Crippen LogP contribution in [-0.4, -0.2) is 73.0 Å². The van der Waals surface area contributed by atoms with Gasteiger partial charge in [-0.3, -0.25) is 19.3 Å². The monoisotopic (exact) mass is 633 g/mol. The van der Waals surface area contributed by atoms with Crippen molar-refractivity contribution in [2.24, 2.45) is 5.16 Å². The number of oxime groups is 1. The van der Waals surface area contributed by atoms with Crippen molar-refractivity contribution in [1.82, 2.24) is 20.2 Å². The molecule has 2 aliphatic heterocycles. The molecule has 1 saturated heterocycles. The van der Waals surface area contributed by atoms with E-state index >= 15 is 0 Å². The third kappa shape index (κ3) is 5.16. The molecule has 0 radical (unpaired) electrons. The number of carboxylic acids is 1. The van der Waals surface area contributed by atoms with Crippen LogP contribution in [0.15, 0.2) is 34.8 Å². The molecule has 3 atom stereocenters. The van der Waals surface area contributed by atoms with Crippen LogP contribution in [-0.2, 0) is 37.0 Å². The number of thiazole rings is 1. The highest BCUT2D eigenvalue weighted by Gasteiger charge is 2.53. The lowest BCUT2D eigenvalue weighted by atomic mass is 10.0. The highest BCUT2D eigenvalue weighted by molar-refractivity contribution is 8.00. The number of β-lactam (4-membered cyclic amide) rings is 1. The van der Waals surface area contributed by atoms with Gasteiger partial charge in [-0.25, -0.2) is 9.78 Å². The van der Waals surface area contributed by atoms with Gasteiger partial charge in [-0.05, 0) is 19.4 Å². The highest BCUT2D eigenvalue weighted by atomic mass is 35.5. The number of hydrogen-bond donors (Lipinski definition) is 5. The number of carboxylic acid groups (broad SMARTS) is 1. The Morgan fingerprint density at radius 1 is 1.45 bits per heavy atom. The summed E-state index contributed by atoms with van der Waals surface area (Å²) < 4.78 is 2.02. The van der Waals surface area contributed by atoms with Gasteiger partial charge < -0.3 is 31.7 Å². The number of pyridine rings is 1. The number of aliphatic carboxylic acids is 1. The van der Waals surface area contributed by atoms with Crippen molar-refractivity contribution in [2.45, 2.75) is 44.3 Å². The molecule has 2 amide bonds. The van der Waals surface area contributed by atoms with E-state index in [1.807, 2.05) is 29.8 Å². The van der Waals surface area contributed by atoms with Crippen LogP contribution in [0.3, 0.4) is 0 Å². The first kappa shape index (κ1) is 29.3. The van der Waals surface area contributed by atoms with Crippen molar-refractivity contribution >= 4 is 86.5 Å². The molecule has 2 aliphatic rings. The molecule has 220 valence electrons. The Labute approximate surface area is 251 Å². The second kappa shape index (κ2) is 11.6. The molecule has 0 saturated carbocycles. The van der Waals surface area contributed by atoms with Crippen LogP contribution in [0.5, 0.6) is 0 Å². The van der Waals surface area contributed by atoms with E-state index in [-0.39, 0.29) is 20.9 Å². The van der Waals surface area contributed by atoms with Crippen LogP contribution < -0.4 is 21.4 Å². The Morgan fingerprint density at radius 2 is 2.21 bits per heavy atom. The number of H-pyrrole nitrogens is 1. The summed E-state index contributed by atoms with van der Waals surface area (Å²) >= 11 is 8.45. The zero-order valence-electron chi connectivity index (χ0n) is 22.3. The summed E-state index contributed by atoms with van der Waals surface area (Å²) in [5.41, 5.74) is 15.0. The number of nitrogens with one attached hydrogen (secondary N) is 2. The molecule has 3 aromatic heterocycles. The normalized spacial score (nSPS) is 19.4. The van der Waals surface area contributed by atoms with E-state index in [0.29, 0.717) is 30.8 Å². The van der Waals surface area contributed by atoms with Crippen LogP contribution in [0.1, 0.15) is 25.1 Å². The van der Waals surface area contributed by atoms with E-state index in [0.717, 1.165) is 33.5 Å². The molecule has 0 aromatic carbocycles. The summed E-state index contributed by atoms with van der Waals surface area (Å²) in [5, 5.41) is 14.9. The minimum absolute atomic E-state index is 0.0281. The number of rotatable bonds is 10. The number of aldehydes is 1. The zero-order valence-corrected chi connectivity index (χ0v) is 24.7. The molecule has 7 N–H and O–H groups in total. The smallest absolute Gasteiger partial charge is 0.347 e.